The van der Waals surface area contributed by atoms with Crippen LogP contribution in [0.1, 0.15) is 37.6 Å². The van der Waals surface area contributed by atoms with Crippen molar-refractivity contribution in [1.82, 2.24) is 14.9 Å². The molecule has 1 atom stereocenters. The van der Waals surface area contributed by atoms with Crippen LogP contribution < -0.4 is 5.32 Å². The minimum atomic E-state index is -0.802. The first-order chi connectivity index (χ1) is 8.46. The molecular formula is C13H23N3O2. The van der Waals surface area contributed by atoms with Crippen LogP contribution in [0.25, 0.3) is 0 Å². The van der Waals surface area contributed by atoms with Crippen LogP contribution >= 0.6 is 0 Å². The molecule has 1 aromatic rings. The Kier molecular flexibility index (Phi) is 4.90. The first-order valence-corrected chi connectivity index (χ1v) is 6.37. The first kappa shape index (κ1) is 14.7. The van der Waals surface area contributed by atoms with Crippen molar-refractivity contribution in [2.45, 2.75) is 52.1 Å². The molecule has 0 saturated carbocycles. The summed E-state index contributed by atoms with van der Waals surface area (Å²) in [4.78, 5) is 15.6. The highest BCUT2D eigenvalue weighted by atomic mass is 16.4. The van der Waals surface area contributed by atoms with Gasteiger partial charge in [0, 0.05) is 12.2 Å². The summed E-state index contributed by atoms with van der Waals surface area (Å²) in [7, 11) is 1.71. The molecule has 0 radical (unpaired) electrons. The monoisotopic (exact) mass is 253 g/mol. The normalized spacial score (nSPS) is 14.4. The number of aliphatic carboxylic acids is 1. The first-order valence-electron chi connectivity index (χ1n) is 6.37. The van der Waals surface area contributed by atoms with Gasteiger partial charge in [-0.15, -0.1) is 0 Å². The summed E-state index contributed by atoms with van der Waals surface area (Å²) < 4.78 is 2.08. The van der Waals surface area contributed by atoms with Crippen LogP contribution in [0.15, 0.2) is 6.33 Å². The van der Waals surface area contributed by atoms with Gasteiger partial charge in [-0.2, -0.15) is 0 Å². The van der Waals surface area contributed by atoms with Crippen molar-refractivity contribution in [2.75, 3.05) is 7.05 Å². The predicted molar refractivity (Wildman–Crippen MR) is 70.7 cm³/mol. The van der Waals surface area contributed by atoms with Crippen LogP contribution in [-0.2, 0) is 11.3 Å². The summed E-state index contributed by atoms with van der Waals surface area (Å²) in [5.74, 6) is -0.772. The zero-order valence-electron chi connectivity index (χ0n) is 11.7. The van der Waals surface area contributed by atoms with Crippen LogP contribution in [0.4, 0.5) is 0 Å². The Morgan fingerprint density at radius 2 is 2.22 bits per heavy atom. The van der Waals surface area contributed by atoms with E-state index < -0.39 is 11.5 Å². The second kappa shape index (κ2) is 6.00. The molecule has 0 fully saturated rings. The fourth-order valence-electron chi connectivity index (χ4n) is 2.16. The summed E-state index contributed by atoms with van der Waals surface area (Å²) >= 11 is 0. The van der Waals surface area contributed by atoms with Crippen LogP contribution in [0.2, 0.25) is 0 Å². The molecule has 0 aliphatic heterocycles. The van der Waals surface area contributed by atoms with E-state index in [-0.39, 0.29) is 0 Å². The van der Waals surface area contributed by atoms with E-state index >= 15 is 0 Å². The van der Waals surface area contributed by atoms with E-state index in [0.717, 1.165) is 24.4 Å². The predicted octanol–water partition coefficient (Wildman–Crippen LogP) is 1.73. The Morgan fingerprint density at radius 3 is 2.61 bits per heavy atom. The lowest BCUT2D eigenvalue weighted by molar-refractivity contribution is -0.145. The molecule has 0 aromatic carbocycles. The number of rotatable bonds is 7. The van der Waals surface area contributed by atoms with Crippen molar-refractivity contribution in [3.8, 4) is 0 Å². The molecule has 5 nitrogen and oxygen atoms in total. The number of nitrogens with zero attached hydrogens (tertiary/aromatic N) is 2. The number of hydrogen-bond acceptors (Lipinski definition) is 3. The van der Waals surface area contributed by atoms with Gasteiger partial charge in [0.05, 0.1) is 12.0 Å². The summed E-state index contributed by atoms with van der Waals surface area (Å²) in [6.07, 6.45) is 3.84. The minimum absolute atomic E-state index is 0.584. The number of likely N-dealkylation sites (N-methyl/N-ethyl adjacent to an activating group) is 1. The van der Waals surface area contributed by atoms with Crippen molar-refractivity contribution in [3.05, 3.63) is 17.7 Å². The third kappa shape index (κ3) is 2.90. The van der Waals surface area contributed by atoms with Gasteiger partial charge < -0.3 is 15.0 Å². The van der Waals surface area contributed by atoms with Crippen LogP contribution in [-0.4, -0.2) is 33.2 Å². The highest BCUT2D eigenvalue weighted by Gasteiger charge is 2.34. The van der Waals surface area contributed by atoms with Gasteiger partial charge in [0.15, 0.2) is 0 Å². The minimum Gasteiger partial charge on any atom is -0.480 e. The van der Waals surface area contributed by atoms with Crippen molar-refractivity contribution in [2.24, 2.45) is 0 Å². The fraction of sp³-hybridized carbons (Fsp3) is 0.692. The highest BCUT2D eigenvalue weighted by molar-refractivity contribution is 5.78. The molecule has 0 aliphatic rings. The van der Waals surface area contributed by atoms with E-state index in [2.05, 4.69) is 14.9 Å². The number of imidazole rings is 1. The number of aromatic nitrogens is 2. The SMILES string of the molecule is CCC(CCCn1cnc(C)c1C)(NC)C(=O)O. The quantitative estimate of drug-likeness (QED) is 0.776. The van der Waals surface area contributed by atoms with Gasteiger partial charge in [0.2, 0.25) is 0 Å². The lowest BCUT2D eigenvalue weighted by Gasteiger charge is -2.27. The molecule has 1 aromatic heterocycles. The van der Waals surface area contributed by atoms with E-state index in [9.17, 15) is 9.90 Å². The molecular weight excluding hydrogens is 230 g/mol. The van der Waals surface area contributed by atoms with Crippen molar-refractivity contribution in [1.29, 1.82) is 0 Å². The van der Waals surface area contributed by atoms with Gasteiger partial charge in [-0.25, -0.2) is 4.98 Å². The molecule has 1 rings (SSSR count). The van der Waals surface area contributed by atoms with Crippen LogP contribution in [0, 0.1) is 13.8 Å². The Balaban J connectivity index is 2.59. The van der Waals surface area contributed by atoms with Gasteiger partial charge in [-0.1, -0.05) is 6.92 Å². The van der Waals surface area contributed by atoms with E-state index in [1.807, 2.05) is 27.1 Å². The molecule has 0 bridgehead atoms. The summed E-state index contributed by atoms with van der Waals surface area (Å²) in [6, 6.07) is 0. The number of carbonyl (C=O) groups is 1. The second-order valence-electron chi connectivity index (χ2n) is 4.70. The topological polar surface area (TPSA) is 67.2 Å². The molecule has 5 heteroatoms. The van der Waals surface area contributed by atoms with Crippen LogP contribution in [0.3, 0.4) is 0 Å². The van der Waals surface area contributed by atoms with Gasteiger partial charge in [0.25, 0.3) is 0 Å². The Bertz CT molecular complexity index is 408. The van der Waals surface area contributed by atoms with Gasteiger partial charge >= 0.3 is 5.97 Å². The Hall–Kier alpha value is -1.36. The van der Waals surface area contributed by atoms with E-state index in [1.54, 1.807) is 7.05 Å². The second-order valence-corrected chi connectivity index (χ2v) is 4.70. The zero-order valence-corrected chi connectivity index (χ0v) is 11.7. The van der Waals surface area contributed by atoms with E-state index in [1.165, 1.54) is 0 Å². The van der Waals surface area contributed by atoms with Crippen molar-refractivity contribution >= 4 is 5.97 Å². The highest BCUT2D eigenvalue weighted by Crippen LogP contribution is 2.18. The van der Waals surface area contributed by atoms with Gasteiger partial charge in [-0.05, 0) is 40.2 Å². The molecule has 18 heavy (non-hydrogen) atoms. The summed E-state index contributed by atoms with van der Waals surface area (Å²) in [6.45, 7) is 6.72. The molecule has 0 saturated heterocycles. The number of carboxylic acids is 1. The van der Waals surface area contributed by atoms with Crippen molar-refractivity contribution < 1.29 is 9.90 Å². The molecule has 1 unspecified atom stereocenters. The molecule has 1 heterocycles. The van der Waals surface area contributed by atoms with Crippen LogP contribution in [0.5, 0.6) is 0 Å². The maximum absolute atomic E-state index is 11.3. The van der Waals surface area contributed by atoms with Gasteiger partial charge in [0.1, 0.15) is 5.54 Å². The molecule has 0 amide bonds. The molecule has 102 valence electrons. The Labute approximate surface area is 108 Å². The summed E-state index contributed by atoms with van der Waals surface area (Å²) in [5, 5.41) is 12.2. The third-order valence-electron chi connectivity index (χ3n) is 3.84. The van der Waals surface area contributed by atoms with E-state index in [0.29, 0.717) is 12.8 Å². The number of aryl methyl sites for hydroxylation is 2. The third-order valence-corrected chi connectivity index (χ3v) is 3.84. The van der Waals surface area contributed by atoms with E-state index in [4.69, 9.17) is 0 Å². The largest absolute Gasteiger partial charge is 0.480 e. The Morgan fingerprint density at radius 1 is 1.56 bits per heavy atom. The lowest BCUT2D eigenvalue weighted by Crippen LogP contribution is -2.49. The zero-order chi connectivity index (χ0) is 13.8. The number of nitrogens with one attached hydrogen (secondary N) is 1. The maximum atomic E-state index is 11.3. The standard InChI is InChI=1S/C13H23N3O2/c1-5-13(14-4,12(17)18)7-6-8-16-9-15-10(2)11(16)3/h9,14H,5-8H2,1-4H3,(H,17,18). The molecule has 0 spiro atoms. The number of hydrogen-bond donors (Lipinski definition) is 2. The average molecular weight is 253 g/mol. The maximum Gasteiger partial charge on any atom is 0.323 e. The van der Waals surface area contributed by atoms with Crippen molar-refractivity contribution in [3.63, 3.8) is 0 Å². The van der Waals surface area contributed by atoms with Gasteiger partial charge in [-0.3, -0.25) is 4.79 Å². The fourth-order valence-corrected chi connectivity index (χ4v) is 2.16. The lowest BCUT2D eigenvalue weighted by atomic mass is 9.90. The average Bonchev–Trinajstić information content (AvgIpc) is 2.66. The summed E-state index contributed by atoms with van der Waals surface area (Å²) in [5.41, 5.74) is 1.38. The molecule has 0 aliphatic carbocycles. The smallest absolute Gasteiger partial charge is 0.323 e. The number of carboxylic acid groups (broad SMARTS) is 1. The molecule has 2 N–H and O–H groups in total.